The number of nitrogens with one attached hydrogen (secondary N) is 1. The molecule has 0 atom stereocenters. The van der Waals surface area contributed by atoms with Gasteiger partial charge in [-0.2, -0.15) is 0 Å². The van der Waals surface area contributed by atoms with E-state index in [4.69, 9.17) is 5.73 Å². The van der Waals surface area contributed by atoms with Crippen molar-refractivity contribution in [3.63, 3.8) is 0 Å². The predicted octanol–water partition coefficient (Wildman–Crippen LogP) is 4.58. The molecule has 3 N–H and O–H groups in total. The van der Waals surface area contributed by atoms with Crippen LogP contribution in [0.25, 0.3) is 11.1 Å². The summed E-state index contributed by atoms with van der Waals surface area (Å²) in [4.78, 5) is 11.5. The molecule has 3 aromatic carbocycles. The van der Waals surface area contributed by atoms with Crippen LogP contribution in [0.5, 0.6) is 0 Å². The molecule has 4 rings (SSSR count). The largest absolute Gasteiger partial charge is 0.366 e. The lowest BCUT2D eigenvalue weighted by molar-refractivity contribution is 0.1000. The maximum atomic E-state index is 11.5. The average Bonchev–Trinajstić information content (AvgIpc) is 3.15. The second-order valence-electron chi connectivity index (χ2n) is 7.99. The van der Waals surface area contributed by atoms with Gasteiger partial charge >= 0.3 is 0 Å². The summed E-state index contributed by atoms with van der Waals surface area (Å²) in [7, 11) is 0. The summed E-state index contributed by atoms with van der Waals surface area (Å²) >= 11 is 0. The molecule has 0 aliphatic heterocycles. The van der Waals surface area contributed by atoms with Crippen molar-refractivity contribution in [3.05, 3.63) is 94.0 Å². The average molecular weight is 385 g/mol. The lowest BCUT2D eigenvalue weighted by atomic mass is 9.92. The molecule has 148 valence electrons. The standard InChI is InChI=1S/C26H28N2O/c1-3-19-13-22(26(27)29)9-11-25(19)24-10-8-18(12-17(24)2)16-28-23-14-20-6-4-5-7-21(20)15-23/h4-13,23,28H,3,14-16H2,1-2H3,(H2,27,29). The Bertz CT molecular complexity index is 1030. The van der Waals surface area contributed by atoms with Crippen molar-refractivity contribution in [3.8, 4) is 11.1 Å². The fraction of sp³-hybridized carbons (Fsp3) is 0.269. The topological polar surface area (TPSA) is 55.1 Å². The Balaban J connectivity index is 1.48. The molecule has 1 aliphatic carbocycles. The van der Waals surface area contributed by atoms with E-state index in [1.165, 1.54) is 33.4 Å². The molecule has 0 aromatic heterocycles. The van der Waals surface area contributed by atoms with Crippen molar-refractivity contribution in [2.24, 2.45) is 5.73 Å². The molecule has 3 aromatic rings. The minimum atomic E-state index is -0.376. The highest BCUT2D eigenvalue weighted by atomic mass is 16.1. The number of primary amides is 1. The van der Waals surface area contributed by atoms with Gasteiger partial charge in [-0.15, -0.1) is 0 Å². The highest BCUT2D eigenvalue weighted by Crippen LogP contribution is 2.29. The first-order valence-corrected chi connectivity index (χ1v) is 10.4. The smallest absolute Gasteiger partial charge is 0.248 e. The molecule has 0 bridgehead atoms. The van der Waals surface area contributed by atoms with Gasteiger partial charge in [0.05, 0.1) is 0 Å². The van der Waals surface area contributed by atoms with E-state index in [1.54, 1.807) is 0 Å². The second kappa shape index (κ2) is 8.22. The van der Waals surface area contributed by atoms with Gasteiger partial charge in [0, 0.05) is 18.2 Å². The summed E-state index contributed by atoms with van der Waals surface area (Å²) in [6.07, 6.45) is 3.08. The number of rotatable bonds is 6. The Morgan fingerprint density at radius 1 is 1.00 bits per heavy atom. The number of amides is 1. The zero-order valence-electron chi connectivity index (χ0n) is 17.2. The number of carbonyl (C=O) groups excluding carboxylic acids is 1. The number of nitrogens with two attached hydrogens (primary N) is 1. The van der Waals surface area contributed by atoms with Gasteiger partial charge in [-0.3, -0.25) is 4.79 Å². The van der Waals surface area contributed by atoms with E-state index in [0.717, 1.165) is 31.4 Å². The molecular formula is C26H28N2O. The minimum absolute atomic E-state index is 0.376. The third-order valence-corrected chi connectivity index (χ3v) is 6.00. The normalized spacial score (nSPS) is 13.4. The summed E-state index contributed by atoms with van der Waals surface area (Å²) in [5.41, 5.74) is 15.1. The van der Waals surface area contributed by atoms with Crippen molar-refractivity contribution in [2.75, 3.05) is 0 Å². The second-order valence-corrected chi connectivity index (χ2v) is 7.99. The Labute approximate surface area is 173 Å². The number of carbonyl (C=O) groups is 1. The van der Waals surface area contributed by atoms with E-state index in [1.807, 2.05) is 18.2 Å². The van der Waals surface area contributed by atoms with E-state index in [-0.39, 0.29) is 5.91 Å². The van der Waals surface area contributed by atoms with Crippen LogP contribution in [0, 0.1) is 6.92 Å². The highest BCUT2D eigenvalue weighted by Gasteiger charge is 2.20. The first-order valence-electron chi connectivity index (χ1n) is 10.4. The van der Waals surface area contributed by atoms with Crippen LogP contribution in [0.3, 0.4) is 0 Å². The Kier molecular flexibility index (Phi) is 5.50. The molecule has 0 saturated carbocycles. The molecule has 1 aliphatic rings. The molecule has 0 unspecified atom stereocenters. The molecular weight excluding hydrogens is 356 g/mol. The molecule has 0 spiro atoms. The van der Waals surface area contributed by atoms with Crippen molar-refractivity contribution in [2.45, 2.75) is 45.7 Å². The lowest BCUT2D eigenvalue weighted by Gasteiger charge is -2.15. The van der Waals surface area contributed by atoms with Gasteiger partial charge in [0.15, 0.2) is 0 Å². The minimum Gasteiger partial charge on any atom is -0.366 e. The molecule has 29 heavy (non-hydrogen) atoms. The third kappa shape index (κ3) is 4.10. The number of hydrogen-bond donors (Lipinski definition) is 2. The van der Waals surface area contributed by atoms with Gasteiger partial charge in [0.2, 0.25) is 5.91 Å². The number of fused-ring (bicyclic) bond motifs is 1. The van der Waals surface area contributed by atoms with Crippen molar-refractivity contribution in [1.82, 2.24) is 5.32 Å². The van der Waals surface area contributed by atoms with E-state index in [0.29, 0.717) is 11.6 Å². The van der Waals surface area contributed by atoms with E-state index in [9.17, 15) is 4.79 Å². The van der Waals surface area contributed by atoms with Crippen LogP contribution in [0.2, 0.25) is 0 Å². The highest BCUT2D eigenvalue weighted by molar-refractivity contribution is 5.93. The van der Waals surface area contributed by atoms with Gasteiger partial charge in [0.25, 0.3) is 0 Å². The monoisotopic (exact) mass is 384 g/mol. The van der Waals surface area contributed by atoms with E-state index >= 15 is 0 Å². The predicted molar refractivity (Wildman–Crippen MR) is 119 cm³/mol. The van der Waals surface area contributed by atoms with Crippen LogP contribution in [0.1, 0.15) is 45.1 Å². The number of hydrogen-bond acceptors (Lipinski definition) is 2. The third-order valence-electron chi connectivity index (χ3n) is 6.00. The molecule has 1 amide bonds. The molecule has 0 fully saturated rings. The lowest BCUT2D eigenvalue weighted by Crippen LogP contribution is -2.28. The molecule has 0 saturated heterocycles. The Morgan fingerprint density at radius 2 is 1.69 bits per heavy atom. The summed E-state index contributed by atoms with van der Waals surface area (Å²) in [6.45, 7) is 5.14. The van der Waals surface area contributed by atoms with Gasteiger partial charge in [-0.25, -0.2) is 0 Å². The first kappa shape index (κ1) is 19.4. The van der Waals surface area contributed by atoms with Gasteiger partial charge < -0.3 is 11.1 Å². The van der Waals surface area contributed by atoms with Crippen LogP contribution in [0.15, 0.2) is 60.7 Å². The summed E-state index contributed by atoms with van der Waals surface area (Å²) in [6, 6.07) is 21.7. The molecule has 3 heteroatoms. The molecule has 0 heterocycles. The van der Waals surface area contributed by atoms with E-state index < -0.39 is 0 Å². The zero-order chi connectivity index (χ0) is 20.4. The van der Waals surface area contributed by atoms with Gasteiger partial charge in [0.1, 0.15) is 0 Å². The van der Waals surface area contributed by atoms with Crippen molar-refractivity contribution in [1.29, 1.82) is 0 Å². The maximum Gasteiger partial charge on any atom is 0.248 e. The molecule has 3 nitrogen and oxygen atoms in total. The van der Waals surface area contributed by atoms with Crippen LogP contribution in [0.4, 0.5) is 0 Å². The maximum absolute atomic E-state index is 11.5. The fourth-order valence-electron chi connectivity index (χ4n) is 4.41. The SMILES string of the molecule is CCc1cc(C(N)=O)ccc1-c1ccc(CNC2Cc3ccccc3C2)cc1C. The van der Waals surface area contributed by atoms with Crippen LogP contribution in [-0.4, -0.2) is 11.9 Å². The van der Waals surface area contributed by atoms with Gasteiger partial charge in [-0.05, 0) is 77.3 Å². The van der Waals surface area contributed by atoms with Crippen molar-refractivity contribution < 1.29 is 4.79 Å². The number of aryl methyl sites for hydroxylation is 2. The first-order chi connectivity index (χ1) is 14.0. The van der Waals surface area contributed by atoms with E-state index in [2.05, 4.69) is 61.6 Å². The summed E-state index contributed by atoms with van der Waals surface area (Å²) in [5.74, 6) is -0.376. The van der Waals surface area contributed by atoms with Crippen LogP contribution >= 0.6 is 0 Å². The van der Waals surface area contributed by atoms with Crippen LogP contribution in [-0.2, 0) is 25.8 Å². The molecule has 0 radical (unpaired) electrons. The van der Waals surface area contributed by atoms with Gasteiger partial charge in [-0.1, -0.05) is 55.5 Å². The number of benzene rings is 3. The zero-order valence-corrected chi connectivity index (χ0v) is 17.2. The Morgan fingerprint density at radius 3 is 2.31 bits per heavy atom. The van der Waals surface area contributed by atoms with Crippen LogP contribution < -0.4 is 11.1 Å². The Hall–Kier alpha value is -2.91. The fourth-order valence-corrected chi connectivity index (χ4v) is 4.41. The summed E-state index contributed by atoms with van der Waals surface area (Å²) < 4.78 is 0. The summed E-state index contributed by atoms with van der Waals surface area (Å²) in [5, 5.41) is 3.72. The van der Waals surface area contributed by atoms with Crippen molar-refractivity contribution >= 4 is 5.91 Å². The quantitative estimate of drug-likeness (QED) is 0.654.